The number of nitrogens with zero attached hydrogens (tertiary/aromatic N) is 1. The van der Waals surface area contributed by atoms with Gasteiger partial charge in [-0.1, -0.05) is 36.4 Å². The lowest BCUT2D eigenvalue weighted by Crippen LogP contribution is -2.19. The summed E-state index contributed by atoms with van der Waals surface area (Å²) >= 11 is 1.82. The number of hydrogen-bond donors (Lipinski definition) is 1. The van der Waals surface area contributed by atoms with Crippen molar-refractivity contribution in [2.75, 3.05) is 14.1 Å². The van der Waals surface area contributed by atoms with Gasteiger partial charge in [0.15, 0.2) is 0 Å². The van der Waals surface area contributed by atoms with Gasteiger partial charge in [0.1, 0.15) is 5.75 Å². The molecule has 0 saturated carbocycles. The van der Waals surface area contributed by atoms with Crippen molar-refractivity contribution < 1.29 is 5.11 Å². The summed E-state index contributed by atoms with van der Waals surface area (Å²) in [7, 11) is 4.28. The fourth-order valence-electron chi connectivity index (χ4n) is 2.99. The van der Waals surface area contributed by atoms with E-state index in [4.69, 9.17) is 0 Å². The number of aromatic hydroxyl groups is 1. The van der Waals surface area contributed by atoms with Crippen LogP contribution in [0, 0.1) is 0 Å². The molecule has 1 atom stereocenters. The van der Waals surface area contributed by atoms with Crippen molar-refractivity contribution in [3.05, 3.63) is 64.4 Å². The zero-order valence-corrected chi connectivity index (χ0v) is 13.8. The van der Waals surface area contributed by atoms with Gasteiger partial charge in [0, 0.05) is 16.3 Å². The Kier molecular flexibility index (Phi) is 4.46. The number of benzene rings is 2. The van der Waals surface area contributed by atoms with Crippen LogP contribution in [0.3, 0.4) is 0 Å². The Balaban J connectivity index is 1.86. The molecule has 1 heterocycles. The first-order valence-corrected chi connectivity index (χ1v) is 8.44. The number of hydrogen-bond acceptors (Lipinski definition) is 3. The van der Waals surface area contributed by atoms with Crippen molar-refractivity contribution in [2.45, 2.75) is 18.9 Å². The van der Waals surface area contributed by atoms with Crippen LogP contribution in [0.4, 0.5) is 0 Å². The van der Waals surface area contributed by atoms with Crippen molar-refractivity contribution in [2.24, 2.45) is 0 Å². The molecule has 0 aliphatic heterocycles. The minimum atomic E-state index is 0.363. The van der Waals surface area contributed by atoms with Crippen LogP contribution >= 0.6 is 11.3 Å². The summed E-state index contributed by atoms with van der Waals surface area (Å²) in [6, 6.07) is 16.7. The smallest absolute Gasteiger partial charge is 0.123 e. The fourth-order valence-corrected chi connectivity index (χ4v) is 3.95. The Morgan fingerprint density at radius 2 is 1.77 bits per heavy atom. The maximum absolute atomic E-state index is 10.0. The van der Waals surface area contributed by atoms with Gasteiger partial charge in [-0.25, -0.2) is 0 Å². The molecule has 0 aliphatic rings. The summed E-state index contributed by atoms with van der Waals surface area (Å²) in [5, 5.41) is 14.2. The second kappa shape index (κ2) is 6.51. The zero-order valence-electron chi connectivity index (χ0n) is 13.0. The standard InChI is InChI=1S/C19H21NOS/c1-20(2)17(19-8-5-13-22-19)11-9-14-10-12-18(21)16-7-4-3-6-15(14)16/h3-8,10,12-13,17,21H,9,11H2,1-2H3. The van der Waals surface area contributed by atoms with Crippen LogP contribution in [-0.4, -0.2) is 24.1 Å². The molecular formula is C19H21NOS. The summed E-state index contributed by atoms with van der Waals surface area (Å²) < 4.78 is 0. The number of phenols is 1. The quantitative estimate of drug-likeness (QED) is 0.728. The van der Waals surface area contributed by atoms with Crippen LogP contribution in [0.1, 0.15) is 22.9 Å². The number of aryl methyl sites for hydroxylation is 1. The molecule has 3 rings (SSSR count). The fraction of sp³-hybridized carbons (Fsp3) is 0.263. The molecule has 2 nitrogen and oxygen atoms in total. The molecule has 1 N–H and O–H groups in total. The van der Waals surface area contributed by atoms with E-state index in [1.54, 1.807) is 0 Å². The van der Waals surface area contributed by atoms with Gasteiger partial charge in [-0.3, -0.25) is 0 Å². The molecule has 3 heteroatoms. The third-order valence-electron chi connectivity index (χ3n) is 4.17. The lowest BCUT2D eigenvalue weighted by atomic mass is 9.97. The number of phenolic OH excluding ortho intramolecular Hbond substituents is 1. The molecule has 114 valence electrons. The highest BCUT2D eigenvalue weighted by Crippen LogP contribution is 2.31. The maximum Gasteiger partial charge on any atom is 0.123 e. The molecule has 1 aromatic heterocycles. The van der Waals surface area contributed by atoms with E-state index >= 15 is 0 Å². The predicted molar refractivity (Wildman–Crippen MR) is 94.7 cm³/mol. The van der Waals surface area contributed by atoms with Gasteiger partial charge in [0.2, 0.25) is 0 Å². The molecule has 2 aromatic carbocycles. The lowest BCUT2D eigenvalue weighted by Gasteiger charge is -2.23. The molecule has 0 saturated heterocycles. The van der Waals surface area contributed by atoms with E-state index in [2.05, 4.69) is 48.6 Å². The predicted octanol–water partition coefficient (Wildman–Crippen LogP) is 4.84. The first-order valence-electron chi connectivity index (χ1n) is 7.56. The van der Waals surface area contributed by atoms with E-state index in [0.717, 1.165) is 23.6 Å². The molecule has 3 aromatic rings. The second-order valence-electron chi connectivity index (χ2n) is 5.82. The van der Waals surface area contributed by atoms with Gasteiger partial charge in [-0.15, -0.1) is 11.3 Å². The molecule has 0 radical (unpaired) electrons. The minimum Gasteiger partial charge on any atom is -0.507 e. The van der Waals surface area contributed by atoms with Crippen molar-refractivity contribution in [3.63, 3.8) is 0 Å². The third kappa shape index (κ3) is 3.01. The Morgan fingerprint density at radius 3 is 2.45 bits per heavy atom. The average molecular weight is 311 g/mol. The average Bonchev–Trinajstić information content (AvgIpc) is 3.04. The van der Waals surface area contributed by atoms with Crippen molar-refractivity contribution >= 4 is 22.1 Å². The van der Waals surface area contributed by atoms with E-state index in [-0.39, 0.29) is 0 Å². The van der Waals surface area contributed by atoms with Crippen molar-refractivity contribution in [3.8, 4) is 5.75 Å². The van der Waals surface area contributed by atoms with E-state index in [1.807, 2.05) is 35.6 Å². The van der Waals surface area contributed by atoms with Crippen LogP contribution in [0.2, 0.25) is 0 Å². The summed E-state index contributed by atoms with van der Waals surface area (Å²) in [5.74, 6) is 0.363. The van der Waals surface area contributed by atoms with Crippen LogP contribution in [-0.2, 0) is 6.42 Å². The second-order valence-corrected chi connectivity index (χ2v) is 6.80. The van der Waals surface area contributed by atoms with Crippen LogP contribution in [0.5, 0.6) is 5.75 Å². The number of fused-ring (bicyclic) bond motifs is 1. The van der Waals surface area contributed by atoms with Gasteiger partial charge < -0.3 is 10.0 Å². The molecule has 0 amide bonds. The maximum atomic E-state index is 10.0. The van der Waals surface area contributed by atoms with Gasteiger partial charge in [-0.2, -0.15) is 0 Å². The van der Waals surface area contributed by atoms with Gasteiger partial charge >= 0.3 is 0 Å². The zero-order chi connectivity index (χ0) is 15.5. The Morgan fingerprint density at radius 1 is 1.00 bits per heavy atom. The molecule has 1 unspecified atom stereocenters. The summed E-state index contributed by atoms with van der Waals surface area (Å²) in [6.45, 7) is 0. The highest BCUT2D eigenvalue weighted by molar-refractivity contribution is 7.10. The first-order chi connectivity index (χ1) is 10.7. The summed E-state index contributed by atoms with van der Waals surface area (Å²) in [5.41, 5.74) is 1.30. The molecular weight excluding hydrogens is 290 g/mol. The molecule has 22 heavy (non-hydrogen) atoms. The highest BCUT2D eigenvalue weighted by atomic mass is 32.1. The Bertz CT molecular complexity index is 749. The molecule has 0 bridgehead atoms. The Labute approximate surface area is 135 Å². The lowest BCUT2D eigenvalue weighted by molar-refractivity contribution is 0.288. The normalized spacial score (nSPS) is 12.9. The van der Waals surface area contributed by atoms with Gasteiger partial charge in [0.05, 0.1) is 0 Å². The van der Waals surface area contributed by atoms with Gasteiger partial charge in [0.25, 0.3) is 0 Å². The van der Waals surface area contributed by atoms with Crippen molar-refractivity contribution in [1.82, 2.24) is 4.90 Å². The highest BCUT2D eigenvalue weighted by Gasteiger charge is 2.16. The Hall–Kier alpha value is -1.84. The molecule has 0 spiro atoms. The summed E-state index contributed by atoms with van der Waals surface area (Å²) in [6.07, 6.45) is 2.07. The molecule has 0 fully saturated rings. The third-order valence-corrected chi connectivity index (χ3v) is 5.15. The topological polar surface area (TPSA) is 23.5 Å². The van der Waals surface area contributed by atoms with E-state index < -0.39 is 0 Å². The monoisotopic (exact) mass is 311 g/mol. The van der Waals surface area contributed by atoms with E-state index in [9.17, 15) is 5.11 Å². The first kappa shape index (κ1) is 15.1. The van der Waals surface area contributed by atoms with E-state index in [1.165, 1.54) is 10.4 Å². The molecule has 0 aliphatic carbocycles. The van der Waals surface area contributed by atoms with E-state index in [0.29, 0.717) is 11.8 Å². The van der Waals surface area contributed by atoms with Crippen LogP contribution in [0.25, 0.3) is 10.8 Å². The van der Waals surface area contributed by atoms with Crippen LogP contribution < -0.4 is 0 Å². The summed E-state index contributed by atoms with van der Waals surface area (Å²) in [4.78, 5) is 3.70. The van der Waals surface area contributed by atoms with Crippen LogP contribution in [0.15, 0.2) is 53.9 Å². The SMILES string of the molecule is CN(C)C(CCc1ccc(O)c2ccccc12)c1cccs1. The van der Waals surface area contributed by atoms with Gasteiger partial charge in [-0.05, 0) is 55.4 Å². The number of thiophene rings is 1. The van der Waals surface area contributed by atoms with Crippen molar-refractivity contribution in [1.29, 1.82) is 0 Å². The minimum absolute atomic E-state index is 0.363. The number of rotatable bonds is 5. The largest absolute Gasteiger partial charge is 0.507 e.